The van der Waals surface area contributed by atoms with E-state index in [0.717, 1.165) is 12.8 Å². The van der Waals surface area contributed by atoms with Gasteiger partial charge in [-0.25, -0.2) is 4.98 Å². The van der Waals surface area contributed by atoms with Gasteiger partial charge in [0.1, 0.15) is 5.82 Å². The molecular formula is C30H32ClN5O3. The van der Waals surface area contributed by atoms with Crippen LogP contribution in [0.5, 0.6) is 11.5 Å². The minimum atomic E-state index is -0.197. The van der Waals surface area contributed by atoms with Gasteiger partial charge in [-0.15, -0.1) is 0 Å². The number of benzene rings is 3. The SMILES string of the molecule is COc1cc2nc(N(C)CC3(c4ccccc4)CCN(C(=O)c4ccc(Cl)cc4)CC3)nc(N)c2cc1OC. The van der Waals surface area contributed by atoms with E-state index in [-0.39, 0.29) is 11.3 Å². The topological polar surface area (TPSA) is 93.8 Å². The minimum absolute atomic E-state index is 0.0247. The number of likely N-dealkylation sites (tertiary alicyclic amines) is 1. The van der Waals surface area contributed by atoms with E-state index in [1.165, 1.54) is 5.56 Å². The Balaban J connectivity index is 1.42. The molecule has 4 aromatic rings. The molecule has 1 fully saturated rings. The summed E-state index contributed by atoms with van der Waals surface area (Å²) in [6.07, 6.45) is 1.60. The van der Waals surface area contributed by atoms with E-state index < -0.39 is 0 Å². The second kappa shape index (κ2) is 11.0. The lowest BCUT2D eigenvalue weighted by molar-refractivity contribution is 0.0669. The maximum absolute atomic E-state index is 13.2. The van der Waals surface area contributed by atoms with Gasteiger partial charge < -0.3 is 25.0 Å². The number of carbonyl (C=O) groups is 1. The van der Waals surface area contributed by atoms with E-state index in [2.05, 4.69) is 34.1 Å². The molecule has 0 radical (unpaired) electrons. The molecule has 202 valence electrons. The van der Waals surface area contributed by atoms with E-state index >= 15 is 0 Å². The molecule has 9 heteroatoms. The maximum atomic E-state index is 13.2. The molecule has 2 N–H and O–H groups in total. The average molecular weight is 546 g/mol. The van der Waals surface area contributed by atoms with Gasteiger partial charge in [0.15, 0.2) is 11.5 Å². The number of fused-ring (bicyclic) bond motifs is 1. The van der Waals surface area contributed by atoms with Crippen LogP contribution in [0, 0.1) is 0 Å². The summed E-state index contributed by atoms with van der Waals surface area (Å²) in [4.78, 5) is 26.6. The lowest BCUT2D eigenvalue weighted by Gasteiger charge is -2.44. The number of amides is 1. The van der Waals surface area contributed by atoms with Gasteiger partial charge in [-0.2, -0.15) is 4.98 Å². The first-order valence-corrected chi connectivity index (χ1v) is 13.2. The summed E-state index contributed by atoms with van der Waals surface area (Å²) in [6.45, 7) is 1.95. The molecule has 1 aliphatic heterocycles. The van der Waals surface area contributed by atoms with Gasteiger partial charge in [-0.05, 0) is 48.7 Å². The van der Waals surface area contributed by atoms with E-state index in [1.54, 1.807) is 44.6 Å². The van der Waals surface area contributed by atoms with Crippen molar-refractivity contribution < 1.29 is 14.3 Å². The number of halogens is 1. The van der Waals surface area contributed by atoms with Gasteiger partial charge in [0.25, 0.3) is 5.91 Å². The van der Waals surface area contributed by atoms with Gasteiger partial charge >= 0.3 is 0 Å². The van der Waals surface area contributed by atoms with Crippen molar-refractivity contribution in [1.82, 2.24) is 14.9 Å². The number of nitrogens with zero attached hydrogens (tertiary/aromatic N) is 4. The highest BCUT2D eigenvalue weighted by Gasteiger charge is 2.39. The predicted octanol–water partition coefficient (Wildman–Crippen LogP) is 5.19. The number of hydrogen-bond acceptors (Lipinski definition) is 7. The van der Waals surface area contributed by atoms with Gasteiger partial charge in [0, 0.05) is 54.1 Å². The number of piperidine rings is 1. The van der Waals surface area contributed by atoms with Crippen molar-refractivity contribution >= 4 is 40.2 Å². The highest BCUT2D eigenvalue weighted by atomic mass is 35.5. The molecule has 0 spiro atoms. The number of aromatic nitrogens is 2. The predicted molar refractivity (Wildman–Crippen MR) is 155 cm³/mol. The smallest absolute Gasteiger partial charge is 0.253 e. The molecular weight excluding hydrogens is 514 g/mol. The number of hydrogen-bond donors (Lipinski definition) is 1. The molecule has 5 rings (SSSR count). The number of carbonyl (C=O) groups excluding carboxylic acids is 1. The van der Waals surface area contributed by atoms with Crippen LogP contribution in [-0.4, -0.2) is 61.7 Å². The van der Waals surface area contributed by atoms with Crippen molar-refractivity contribution in [3.05, 3.63) is 82.9 Å². The Morgan fingerprint density at radius 3 is 2.28 bits per heavy atom. The second-order valence-electron chi connectivity index (χ2n) is 9.93. The van der Waals surface area contributed by atoms with Crippen LogP contribution in [0.2, 0.25) is 5.02 Å². The minimum Gasteiger partial charge on any atom is -0.493 e. The fourth-order valence-corrected chi connectivity index (χ4v) is 5.53. The molecule has 1 amide bonds. The standard InChI is InChI=1S/C30H32ClN5O3/c1-35(29-33-24-18-26(39-3)25(38-2)17-23(24)27(32)34-29)19-30(21-7-5-4-6-8-21)13-15-36(16-14-30)28(37)20-9-11-22(31)12-10-20/h4-12,17-18H,13-16,19H2,1-3H3,(H2,32,33,34). The normalized spacial score (nSPS) is 14.7. The number of ether oxygens (including phenoxy) is 2. The summed E-state index contributed by atoms with van der Waals surface area (Å²) in [5.74, 6) is 2.08. The summed E-state index contributed by atoms with van der Waals surface area (Å²) >= 11 is 6.02. The average Bonchev–Trinajstić information content (AvgIpc) is 2.97. The molecule has 1 saturated heterocycles. The lowest BCUT2D eigenvalue weighted by Crippen LogP contribution is -2.50. The van der Waals surface area contributed by atoms with E-state index in [1.807, 2.05) is 24.1 Å². The Labute approximate surface area is 233 Å². The third-order valence-corrected chi connectivity index (χ3v) is 7.84. The summed E-state index contributed by atoms with van der Waals surface area (Å²) < 4.78 is 10.9. The molecule has 1 aliphatic rings. The molecule has 2 heterocycles. The largest absolute Gasteiger partial charge is 0.493 e. The zero-order chi connectivity index (χ0) is 27.6. The number of nitrogens with two attached hydrogens (primary N) is 1. The number of anilines is 2. The van der Waals surface area contributed by atoms with E-state index in [9.17, 15) is 4.79 Å². The fraction of sp³-hybridized carbons (Fsp3) is 0.300. The van der Waals surface area contributed by atoms with Crippen LogP contribution in [0.1, 0.15) is 28.8 Å². The van der Waals surface area contributed by atoms with Crippen molar-refractivity contribution in [2.75, 3.05) is 51.5 Å². The monoisotopic (exact) mass is 545 g/mol. The highest BCUT2D eigenvalue weighted by molar-refractivity contribution is 6.30. The zero-order valence-corrected chi connectivity index (χ0v) is 23.1. The maximum Gasteiger partial charge on any atom is 0.253 e. The molecule has 0 atom stereocenters. The molecule has 0 bridgehead atoms. The Kier molecular flexibility index (Phi) is 7.48. The lowest BCUT2D eigenvalue weighted by atomic mass is 9.72. The van der Waals surface area contributed by atoms with Gasteiger partial charge in [-0.3, -0.25) is 4.79 Å². The van der Waals surface area contributed by atoms with Crippen LogP contribution in [0.25, 0.3) is 10.9 Å². The van der Waals surface area contributed by atoms with Gasteiger partial charge in [0.2, 0.25) is 5.95 Å². The summed E-state index contributed by atoms with van der Waals surface area (Å²) in [7, 11) is 5.16. The molecule has 8 nitrogen and oxygen atoms in total. The Bertz CT molecular complexity index is 1470. The van der Waals surface area contributed by atoms with E-state index in [0.29, 0.717) is 64.4 Å². The first kappa shape index (κ1) is 26.6. The van der Waals surface area contributed by atoms with Gasteiger partial charge in [-0.1, -0.05) is 41.9 Å². The van der Waals surface area contributed by atoms with Crippen molar-refractivity contribution in [3.63, 3.8) is 0 Å². The molecule has 0 aliphatic carbocycles. The van der Waals surface area contributed by atoms with Crippen LogP contribution in [0.15, 0.2) is 66.7 Å². The van der Waals surface area contributed by atoms with Crippen LogP contribution in [-0.2, 0) is 5.41 Å². The van der Waals surface area contributed by atoms with E-state index in [4.69, 9.17) is 31.8 Å². The quantitative estimate of drug-likeness (QED) is 0.341. The van der Waals surface area contributed by atoms with Crippen LogP contribution < -0.4 is 20.1 Å². The molecule has 0 unspecified atom stereocenters. The first-order chi connectivity index (χ1) is 18.8. The third kappa shape index (κ3) is 5.29. The van der Waals surface area contributed by atoms with Gasteiger partial charge in [0.05, 0.1) is 19.7 Å². The van der Waals surface area contributed by atoms with Crippen LogP contribution >= 0.6 is 11.6 Å². The van der Waals surface area contributed by atoms with Crippen LogP contribution in [0.4, 0.5) is 11.8 Å². The molecule has 3 aromatic carbocycles. The molecule has 0 saturated carbocycles. The number of rotatable bonds is 7. The highest BCUT2D eigenvalue weighted by Crippen LogP contribution is 2.38. The Hall–Kier alpha value is -4.04. The zero-order valence-electron chi connectivity index (χ0n) is 22.4. The summed E-state index contributed by atoms with van der Waals surface area (Å²) in [5.41, 5.74) is 8.74. The van der Waals surface area contributed by atoms with Crippen molar-refractivity contribution in [2.45, 2.75) is 18.3 Å². The first-order valence-electron chi connectivity index (χ1n) is 12.8. The number of likely N-dealkylation sites (N-methyl/N-ethyl adjacent to an activating group) is 1. The fourth-order valence-electron chi connectivity index (χ4n) is 5.40. The molecule has 39 heavy (non-hydrogen) atoms. The number of methoxy groups -OCH3 is 2. The number of nitrogen functional groups attached to an aromatic ring is 1. The Morgan fingerprint density at radius 2 is 1.64 bits per heavy atom. The van der Waals surface area contributed by atoms with Crippen molar-refractivity contribution in [2.24, 2.45) is 0 Å². The van der Waals surface area contributed by atoms with Crippen LogP contribution in [0.3, 0.4) is 0 Å². The molecule has 1 aromatic heterocycles. The summed E-state index contributed by atoms with van der Waals surface area (Å²) in [6, 6.07) is 21.2. The third-order valence-electron chi connectivity index (χ3n) is 7.59. The van der Waals surface area contributed by atoms with Crippen molar-refractivity contribution in [1.29, 1.82) is 0 Å². The second-order valence-corrected chi connectivity index (χ2v) is 10.4. The van der Waals surface area contributed by atoms with Crippen molar-refractivity contribution in [3.8, 4) is 11.5 Å². The Morgan fingerprint density at radius 1 is 1.00 bits per heavy atom. The summed E-state index contributed by atoms with van der Waals surface area (Å²) in [5, 5.41) is 1.32.